The van der Waals surface area contributed by atoms with Crippen LogP contribution in [0.25, 0.3) is 0 Å². The van der Waals surface area contributed by atoms with Gasteiger partial charge in [0.15, 0.2) is 0 Å². The Morgan fingerprint density at radius 3 is 2.35 bits per heavy atom. The summed E-state index contributed by atoms with van der Waals surface area (Å²) >= 11 is 0. The van der Waals surface area contributed by atoms with Crippen molar-refractivity contribution in [2.75, 3.05) is 36.3 Å². The Kier molecular flexibility index (Phi) is 6.77. The number of hydroxylamine groups is 1. The normalized spacial score (nSPS) is 12.2. The van der Waals surface area contributed by atoms with E-state index in [0.717, 1.165) is 22.6 Å². The van der Waals surface area contributed by atoms with Crippen LogP contribution in [0.15, 0.2) is 18.2 Å². The number of nitrogens with zero attached hydrogens (tertiary/aromatic N) is 1. The molecule has 0 heterocycles. The number of rotatable bonds is 9. The SMILES string of the molecule is CCN(OS(=O)(=O)O)c1ccc(NCCNS(C)(=O)=O)c(C)c1. The molecular weight excluding hydrogens is 346 g/mol. The molecule has 1 aromatic carbocycles. The second-order valence-electron chi connectivity index (χ2n) is 4.79. The van der Waals surface area contributed by atoms with Gasteiger partial charge in [0.2, 0.25) is 10.0 Å². The van der Waals surface area contributed by atoms with Gasteiger partial charge in [-0.3, -0.25) is 4.55 Å². The van der Waals surface area contributed by atoms with Crippen molar-refractivity contribution in [3.05, 3.63) is 23.8 Å². The van der Waals surface area contributed by atoms with Gasteiger partial charge in [0.25, 0.3) is 0 Å². The van der Waals surface area contributed by atoms with Crippen LogP contribution in [-0.2, 0) is 24.7 Å². The molecule has 0 aliphatic heterocycles. The lowest BCUT2D eigenvalue weighted by Gasteiger charge is -2.21. The highest BCUT2D eigenvalue weighted by Crippen LogP contribution is 2.23. The molecule has 132 valence electrons. The molecule has 0 aromatic heterocycles. The van der Waals surface area contributed by atoms with E-state index in [0.29, 0.717) is 12.2 Å². The highest BCUT2D eigenvalue weighted by Gasteiger charge is 2.14. The van der Waals surface area contributed by atoms with Gasteiger partial charge in [0.1, 0.15) is 0 Å². The molecule has 23 heavy (non-hydrogen) atoms. The number of aryl methyl sites for hydroxylation is 1. The molecular formula is C12H21N3O6S2. The van der Waals surface area contributed by atoms with E-state index in [1.54, 1.807) is 32.0 Å². The number of anilines is 2. The lowest BCUT2D eigenvalue weighted by Crippen LogP contribution is -2.28. The molecule has 0 amide bonds. The molecule has 11 heteroatoms. The van der Waals surface area contributed by atoms with E-state index in [-0.39, 0.29) is 13.1 Å². The van der Waals surface area contributed by atoms with Crippen molar-refractivity contribution in [3.8, 4) is 0 Å². The van der Waals surface area contributed by atoms with Crippen molar-refractivity contribution in [2.24, 2.45) is 0 Å². The van der Waals surface area contributed by atoms with E-state index in [1.807, 2.05) is 0 Å². The second kappa shape index (κ2) is 7.93. The molecule has 0 bridgehead atoms. The number of benzene rings is 1. The zero-order valence-electron chi connectivity index (χ0n) is 13.1. The predicted octanol–water partition coefficient (Wildman–Crippen LogP) is 0.517. The van der Waals surface area contributed by atoms with Gasteiger partial charge in [0, 0.05) is 25.3 Å². The Balaban J connectivity index is 2.73. The molecule has 1 aromatic rings. The molecule has 0 unspecified atom stereocenters. The lowest BCUT2D eigenvalue weighted by molar-refractivity contribution is 0.245. The lowest BCUT2D eigenvalue weighted by atomic mass is 10.1. The first-order valence-electron chi connectivity index (χ1n) is 6.75. The van der Waals surface area contributed by atoms with Crippen molar-refractivity contribution in [2.45, 2.75) is 13.8 Å². The summed E-state index contributed by atoms with van der Waals surface area (Å²) in [6.07, 6.45) is 1.08. The first kappa shape index (κ1) is 19.6. The fourth-order valence-electron chi connectivity index (χ4n) is 1.83. The maximum Gasteiger partial charge on any atom is 0.418 e. The van der Waals surface area contributed by atoms with Gasteiger partial charge in [-0.05, 0) is 37.6 Å². The van der Waals surface area contributed by atoms with Crippen LogP contribution in [0.2, 0.25) is 0 Å². The summed E-state index contributed by atoms with van der Waals surface area (Å²) in [6.45, 7) is 4.32. The van der Waals surface area contributed by atoms with Crippen LogP contribution in [0.4, 0.5) is 11.4 Å². The van der Waals surface area contributed by atoms with Gasteiger partial charge in [-0.2, -0.15) is 8.42 Å². The largest absolute Gasteiger partial charge is 0.418 e. The van der Waals surface area contributed by atoms with Gasteiger partial charge < -0.3 is 5.32 Å². The summed E-state index contributed by atoms with van der Waals surface area (Å²) in [5.74, 6) is 0. The second-order valence-corrected chi connectivity index (χ2v) is 7.63. The van der Waals surface area contributed by atoms with Gasteiger partial charge in [0.05, 0.1) is 11.9 Å². The fraction of sp³-hybridized carbons (Fsp3) is 0.500. The van der Waals surface area contributed by atoms with Crippen LogP contribution >= 0.6 is 0 Å². The average molecular weight is 367 g/mol. The summed E-state index contributed by atoms with van der Waals surface area (Å²) in [7, 11) is -7.81. The maximum atomic E-state index is 10.9. The van der Waals surface area contributed by atoms with Crippen molar-refractivity contribution >= 4 is 31.8 Å². The molecule has 0 aliphatic rings. The quantitative estimate of drug-likeness (QED) is 0.328. The van der Waals surface area contributed by atoms with Gasteiger partial charge >= 0.3 is 10.4 Å². The zero-order chi connectivity index (χ0) is 17.7. The molecule has 0 spiro atoms. The molecule has 0 radical (unpaired) electrons. The third kappa shape index (κ3) is 7.61. The Morgan fingerprint density at radius 2 is 1.87 bits per heavy atom. The summed E-state index contributed by atoms with van der Waals surface area (Å²) in [4.78, 5) is 0. The Bertz CT molecular complexity index is 733. The van der Waals surface area contributed by atoms with Gasteiger partial charge in [-0.25, -0.2) is 18.2 Å². The first-order valence-corrected chi connectivity index (χ1v) is 10.0. The Hall–Kier alpha value is -1.40. The molecule has 0 aliphatic carbocycles. The average Bonchev–Trinajstić information content (AvgIpc) is 2.40. The van der Waals surface area contributed by atoms with Crippen molar-refractivity contribution in [1.29, 1.82) is 0 Å². The number of sulfonamides is 1. The summed E-state index contributed by atoms with van der Waals surface area (Å²) in [5, 5.41) is 4.10. The smallest absolute Gasteiger partial charge is 0.384 e. The molecule has 0 atom stereocenters. The molecule has 3 N–H and O–H groups in total. The van der Waals surface area contributed by atoms with E-state index in [2.05, 4.69) is 14.3 Å². The molecule has 0 saturated carbocycles. The highest BCUT2D eigenvalue weighted by atomic mass is 32.3. The summed E-state index contributed by atoms with van der Waals surface area (Å²) in [6, 6.07) is 5.01. The Morgan fingerprint density at radius 1 is 1.22 bits per heavy atom. The van der Waals surface area contributed by atoms with E-state index in [9.17, 15) is 16.8 Å². The van der Waals surface area contributed by atoms with E-state index in [4.69, 9.17) is 4.55 Å². The number of hydrogen-bond acceptors (Lipinski definition) is 7. The van der Waals surface area contributed by atoms with Crippen molar-refractivity contribution in [1.82, 2.24) is 4.72 Å². The van der Waals surface area contributed by atoms with Gasteiger partial charge in [-0.1, -0.05) is 0 Å². The topological polar surface area (TPSA) is 125 Å². The summed E-state index contributed by atoms with van der Waals surface area (Å²) in [5.41, 5.74) is 2.04. The fourth-order valence-corrected chi connectivity index (χ4v) is 2.72. The third-order valence-corrected chi connectivity index (χ3v) is 3.87. The minimum Gasteiger partial charge on any atom is -0.384 e. The Labute approximate surface area is 136 Å². The monoisotopic (exact) mass is 367 g/mol. The van der Waals surface area contributed by atoms with Crippen LogP contribution in [0.3, 0.4) is 0 Å². The van der Waals surface area contributed by atoms with E-state index in [1.165, 1.54) is 0 Å². The first-order chi connectivity index (χ1) is 10.5. The van der Waals surface area contributed by atoms with E-state index >= 15 is 0 Å². The molecule has 1 rings (SSSR count). The van der Waals surface area contributed by atoms with Crippen LogP contribution in [0.5, 0.6) is 0 Å². The highest BCUT2D eigenvalue weighted by molar-refractivity contribution is 7.88. The number of hydrogen-bond donors (Lipinski definition) is 3. The maximum absolute atomic E-state index is 10.9. The van der Waals surface area contributed by atoms with Crippen LogP contribution in [0, 0.1) is 6.92 Å². The molecule has 0 saturated heterocycles. The summed E-state index contributed by atoms with van der Waals surface area (Å²) < 4.78 is 59.1. The van der Waals surface area contributed by atoms with Crippen LogP contribution < -0.4 is 15.1 Å². The van der Waals surface area contributed by atoms with Gasteiger partial charge in [-0.15, -0.1) is 4.28 Å². The predicted molar refractivity (Wildman–Crippen MR) is 88.2 cm³/mol. The molecule has 0 fully saturated rings. The minimum atomic E-state index is -4.59. The van der Waals surface area contributed by atoms with Crippen LogP contribution in [0.1, 0.15) is 12.5 Å². The van der Waals surface area contributed by atoms with Crippen molar-refractivity contribution in [3.63, 3.8) is 0 Å². The number of nitrogens with one attached hydrogen (secondary N) is 2. The molecule has 9 nitrogen and oxygen atoms in total. The van der Waals surface area contributed by atoms with Crippen LogP contribution in [-0.4, -0.2) is 47.3 Å². The standard InChI is InChI=1S/C12H21N3O6S2/c1-4-15(21-23(18,19)20)11-5-6-12(10(2)9-11)13-7-8-14-22(3,16)17/h5-6,9,13-14H,4,7-8H2,1-3H3,(H,18,19,20). The van der Waals surface area contributed by atoms with E-state index < -0.39 is 20.4 Å². The zero-order valence-corrected chi connectivity index (χ0v) is 14.7. The van der Waals surface area contributed by atoms with Crippen molar-refractivity contribution < 1.29 is 25.7 Å². The minimum absolute atomic E-state index is 0.213. The third-order valence-electron chi connectivity index (χ3n) is 2.77.